The van der Waals surface area contributed by atoms with E-state index in [4.69, 9.17) is 0 Å². The fourth-order valence-corrected chi connectivity index (χ4v) is 4.36. The molecule has 0 unspecified atom stereocenters. The Morgan fingerprint density at radius 2 is 1.89 bits per heavy atom. The molecule has 2 aromatic carbocycles. The summed E-state index contributed by atoms with van der Waals surface area (Å²) in [5.41, 5.74) is 2.43. The Bertz CT molecular complexity index is 1170. The number of amides is 1. The van der Waals surface area contributed by atoms with Gasteiger partial charge in [0.25, 0.3) is 5.91 Å². The quantitative estimate of drug-likeness (QED) is 0.441. The third-order valence-electron chi connectivity index (χ3n) is 3.90. The van der Waals surface area contributed by atoms with Gasteiger partial charge in [0.15, 0.2) is 0 Å². The van der Waals surface area contributed by atoms with Crippen molar-refractivity contribution in [2.75, 3.05) is 5.32 Å². The number of carboxylic acid groups (broad SMARTS) is 1. The number of rotatable bonds is 4. The van der Waals surface area contributed by atoms with Crippen LogP contribution in [0.2, 0.25) is 0 Å². The lowest BCUT2D eigenvalue weighted by atomic mass is 10.0. The molecular weight excluding hydrogens is 450 g/mol. The number of aromatic carboxylic acids is 1. The maximum absolute atomic E-state index is 12.6. The van der Waals surface area contributed by atoms with E-state index in [-0.39, 0.29) is 5.56 Å². The summed E-state index contributed by atoms with van der Waals surface area (Å²) >= 11 is 5.79. The van der Waals surface area contributed by atoms with Gasteiger partial charge < -0.3 is 10.4 Å². The first-order chi connectivity index (χ1) is 13.0. The fraction of sp³-hybridized carbons (Fsp3) is 0. The molecule has 2 heterocycles. The first-order valence-electron chi connectivity index (χ1n) is 7.67. The highest BCUT2D eigenvalue weighted by molar-refractivity contribution is 9.10. The second kappa shape index (κ2) is 7.18. The van der Waals surface area contributed by atoms with Gasteiger partial charge >= 0.3 is 5.97 Å². The number of nitrogens with zero attached hydrogens (tertiary/aromatic N) is 2. The van der Waals surface area contributed by atoms with Gasteiger partial charge in [-0.25, -0.2) is 4.79 Å². The first kappa shape index (κ1) is 17.8. The van der Waals surface area contributed by atoms with Gasteiger partial charge in [-0.05, 0) is 47.4 Å². The minimum absolute atomic E-state index is 0.0760. The van der Waals surface area contributed by atoms with Crippen LogP contribution in [-0.4, -0.2) is 26.6 Å². The van der Waals surface area contributed by atoms with Gasteiger partial charge in [-0.1, -0.05) is 32.6 Å². The van der Waals surface area contributed by atoms with Crippen molar-refractivity contribution in [2.45, 2.75) is 0 Å². The van der Waals surface area contributed by atoms with Gasteiger partial charge in [-0.2, -0.15) is 0 Å². The van der Waals surface area contributed by atoms with Crippen LogP contribution in [0.1, 0.15) is 20.7 Å². The summed E-state index contributed by atoms with van der Waals surface area (Å²) in [4.78, 5) is 24.4. The van der Waals surface area contributed by atoms with Gasteiger partial charge in [0, 0.05) is 21.0 Å². The van der Waals surface area contributed by atoms with Crippen LogP contribution in [0.25, 0.3) is 21.3 Å². The molecule has 9 heteroatoms. The Labute approximate surface area is 169 Å². The number of hydrogen-bond donors (Lipinski definition) is 2. The number of anilines is 1. The molecule has 0 fully saturated rings. The van der Waals surface area contributed by atoms with Crippen LogP contribution >= 0.6 is 38.8 Å². The van der Waals surface area contributed by atoms with Gasteiger partial charge in [-0.15, -0.1) is 16.4 Å². The molecule has 134 valence electrons. The molecular formula is C18H10BrN3O3S2. The van der Waals surface area contributed by atoms with Crippen molar-refractivity contribution in [3.8, 4) is 11.1 Å². The molecule has 0 aliphatic rings. The zero-order valence-corrected chi connectivity index (χ0v) is 16.7. The Morgan fingerprint density at radius 1 is 1.11 bits per heavy atom. The molecule has 4 aromatic rings. The predicted octanol–water partition coefficient (Wildman–Crippen LogP) is 5.13. The van der Waals surface area contributed by atoms with Crippen LogP contribution < -0.4 is 5.32 Å². The zero-order chi connectivity index (χ0) is 19.0. The van der Waals surface area contributed by atoms with Crippen molar-refractivity contribution in [1.29, 1.82) is 0 Å². The number of halogens is 1. The molecule has 0 atom stereocenters. The lowest BCUT2D eigenvalue weighted by Crippen LogP contribution is -2.13. The van der Waals surface area contributed by atoms with Gasteiger partial charge in [-0.3, -0.25) is 4.79 Å². The largest absolute Gasteiger partial charge is 0.478 e. The minimum atomic E-state index is -1.09. The number of benzene rings is 2. The van der Waals surface area contributed by atoms with Crippen molar-refractivity contribution in [3.05, 3.63) is 63.4 Å². The summed E-state index contributed by atoms with van der Waals surface area (Å²) < 4.78 is 5.63. The molecule has 27 heavy (non-hydrogen) atoms. The molecule has 0 bridgehead atoms. The lowest BCUT2D eigenvalue weighted by Gasteiger charge is -2.06. The number of fused-ring (bicyclic) bond motifs is 1. The number of carbonyl (C=O) groups is 2. The molecule has 0 saturated heterocycles. The van der Waals surface area contributed by atoms with Crippen LogP contribution in [0.4, 0.5) is 5.00 Å². The maximum Gasteiger partial charge on any atom is 0.339 e. The summed E-state index contributed by atoms with van der Waals surface area (Å²) in [7, 11) is 0. The first-order valence-corrected chi connectivity index (χ1v) is 10.1. The minimum Gasteiger partial charge on any atom is -0.478 e. The van der Waals surface area contributed by atoms with Crippen LogP contribution in [-0.2, 0) is 0 Å². The average Bonchev–Trinajstić information content (AvgIpc) is 3.28. The topological polar surface area (TPSA) is 92.2 Å². The summed E-state index contributed by atoms with van der Waals surface area (Å²) in [6, 6.07) is 12.4. The average molecular weight is 460 g/mol. The molecule has 0 aliphatic heterocycles. The molecule has 6 nitrogen and oxygen atoms in total. The molecule has 4 rings (SSSR count). The molecule has 2 N–H and O–H groups in total. The van der Waals surface area contributed by atoms with E-state index in [0.717, 1.165) is 14.7 Å². The third kappa shape index (κ3) is 3.48. The normalized spacial score (nSPS) is 10.9. The van der Waals surface area contributed by atoms with Crippen molar-refractivity contribution in [1.82, 2.24) is 9.59 Å². The standard InChI is InChI=1S/C18H10BrN3O3S2/c19-11-4-1-9(2-5-11)12-8-26-17(15(12)18(24)25)20-16(23)10-3-6-14-13(7-10)21-22-27-14/h1-8H,(H,20,23)(H,24,25). The van der Waals surface area contributed by atoms with E-state index in [9.17, 15) is 14.7 Å². The van der Waals surface area contributed by atoms with Crippen LogP contribution in [0, 0.1) is 0 Å². The molecule has 2 aromatic heterocycles. The van der Waals surface area contributed by atoms with Crippen molar-refractivity contribution >= 4 is 65.9 Å². The summed E-state index contributed by atoms with van der Waals surface area (Å²) in [5.74, 6) is -1.49. The zero-order valence-electron chi connectivity index (χ0n) is 13.5. The number of thiophene rings is 1. The number of aromatic nitrogens is 2. The summed E-state index contributed by atoms with van der Waals surface area (Å²) in [6.45, 7) is 0. The highest BCUT2D eigenvalue weighted by Crippen LogP contribution is 2.36. The SMILES string of the molecule is O=C(Nc1scc(-c2ccc(Br)cc2)c1C(=O)O)c1ccc2snnc2c1. The monoisotopic (exact) mass is 459 g/mol. The summed E-state index contributed by atoms with van der Waals surface area (Å²) in [5, 5.41) is 18.4. The molecule has 0 radical (unpaired) electrons. The summed E-state index contributed by atoms with van der Waals surface area (Å²) in [6.07, 6.45) is 0. The van der Waals surface area contributed by atoms with Crippen molar-refractivity contribution in [3.63, 3.8) is 0 Å². The van der Waals surface area contributed by atoms with E-state index in [1.54, 1.807) is 23.6 Å². The number of nitrogens with one attached hydrogen (secondary N) is 1. The van der Waals surface area contributed by atoms with Crippen LogP contribution in [0.15, 0.2) is 52.3 Å². The lowest BCUT2D eigenvalue weighted by molar-refractivity contribution is 0.0699. The third-order valence-corrected chi connectivity index (χ3v) is 6.03. The molecule has 1 amide bonds. The van der Waals surface area contributed by atoms with E-state index < -0.39 is 11.9 Å². The Hall–Kier alpha value is -2.62. The highest BCUT2D eigenvalue weighted by Gasteiger charge is 2.21. The van der Waals surface area contributed by atoms with Crippen molar-refractivity contribution < 1.29 is 14.7 Å². The highest BCUT2D eigenvalue weighted by atomic mass is 79.9. The van der Waals surface area contributed by atoms with E-state index in [1.165, 1.54) is 22.9 Å². The Morgan fingerprint density at radius 3 is 2.63 bits per heavy atom. The smallest absolute Gasteiger partial charge is 0.339 e. The van der Waals surface area contributed by atoms with E-state index in [1.807, 2.05) is 24.3 Å². The number of hydrogen-bond acceptors (Lipinski definition) is 6. The van der Waals surface area contributed by atoms with Crippen LogP contribution in [0.3, 0.4) is 0 Å². The Kier molecular flexibility index (Phi) is 4.73. The molecule has 0 saturated carbocycles. The maximum atomic E-state index is 12.6. The van der Waals surface area contributed by atoms with Crippen molar-refractivity contribution in [2.24, 2.45) is 0 Å². The number of carboxylic acids is 1. The van der Waals surface area contributed by atoms with E-state index >= 15 is 0 Å². The second-order valence-corrected chi connectivity index (χ2v) is 8.16. The number of carbonyl (C=O) groups excluding carboxylic acids is 1. The van der Waals surface area contributed by atoms with Gasteiger partial charge in [0.1, 0.15) is 16.1 Å². The van der Waals surface area contributed by atoms with Gasteiger partial charge in [0.05, 0.1) is 4.70 Å². The Balaban J connectivity index is 1.68. The van der Waals surface area contributed by atoms with Crippen LogP contribution in [0.5, 0.6) is 0 Å². The van der Waals surface area contributed by atoms with E-state index in [0.29, 0.717) is 21.6 Å². The fourth-order valence-electron chi connectivity index (χ4n) is 2.60. The van der Waals surface area contributed by atoms with Gasteiger partial charge in [0.2, 0.25) is 0 Å². The second-order valence-electron chi connectivity index (χ2n) is 5.58. The molecule has 0 spiro atoms. The van der Waals surface area contributed by atoms with E-state index in [2.05, 4.69) is 30.8 Å². The predicted molar refractivity (Wildman–Crippen MR) is 110 cm³/mol. The molecule has 0 aliphatic carbocycles.